The highest BCUT2D eigenvalue weighted by Crippen LogP contribution is 2.30. The van der Waals surface area contributed by atoms with E-state index in [0.717, 1.165) is 59.6 Å². The maximum absolute atomic E-state index is 13.6. The lowest BCUT2D eigenvalue weighted by molar-refractivity contribution is 0.125. The molecule has 0 bridgehead atoms. The van der Waals surface area contributed by atoms with Crippen LogP contribution in [0.4, 0.5) is 4.39 Å². The number of rotatable bonds is 4. The number of H-pyrrole nitrogens is 1. The molecule has 2 aromatic carbocycles. The summed E-state index contributed by atoms with van der Waals surface area (Å²) in [5.41, 5.74) is 4.90. The van der Waals surface area contributed by atoms with Crippen molar-refractivity contribution < 1.29 is 4.39 Å². The van der Waals surface area contributed by atoms with E-state index in [2.05, 4.69) is 51.1 Å². The van der Waals surface area contributed by atoms with Gasteiger partial charge in [-0.15, -0.1) is 0 Å². The van der Waals surface area contributed by atoms with Crippen LogP contribution in [0.3, 0.4) is 0 Å². The number of hydrogen-bond donors (Lipinski definition) is 1. The fourth-order valence-electron chi connectivity index (χ4n) is 4.16. The molecule has 1 aliphatic heterocycles. The third kappa shape index (κ3) is 3.72. The van der Waals surface area contributed by atoms with E-state index in [0.29, 0.717) is 0 Å². The van der Waals surface area contributed by atoms with Crippen molar-refractivity contribution >= 4 is 10.9 Å². The fourth-order valence-corrected chi connectivity index (χ4v) is 4.16. The Morgan fingerprint density at radius 3 is 2.57 bits per heavy atom. The second-order valence-corrected chi connectivity index (χ2v) is 7.90. The Morgan fingerprint density at radius 2 is 1.77 bits per heavy atom. The SMILES string of the molecule is CN1CCN(C(c2ccc(F)cc2)c2cncc(-c3ccc4[nH]ccc4c3)n2)CC1. The molecule has 0 aliphatic carbocycles. The third-order valence-corrected chi connectivity index (χ3v) is 5.87. The van der Waals surface area contributed by atoms with Crippen LogP contribution in [-0.2, 0) is 0 Å². The predicted molar refractivity (Wildman–Crippen MR) is 117 cm³/mol. The molecule has 2 aromatic heterocycles. The van der Waals surface area contributed by atoms with Gasteiger partial charge in [-0.3, -0.25) is 9.88 Å². The van der Waals surface area contributed by atoms with Gasteiger partial charge in [0, 0.05) is 48.8 Å². The number of benzene rings is 2. The number of nitrogens with zero attached hydrogens (tertiary/aromatic N) is 4. The largest absolute Gasteiger partial charge is 0.361 e. The lowest BCUT2D eigenvalue weighted by Crippen LogP contribution is -2.46. The number of aromatic nitrogens is 3. The van der Waals surface area contributed by atoms with Gasteiger partial charge in [0.15, 0.2) is 0 Å². The van der Waals surface area contributed by atoms with Gasteiger partial charge in [-0.05, 0) is 42.9 Å². The number of nitrogens with one attached hydrogen (secondary N) is 1. The van der Waals surface area contributed by atoms with Crippen molar-refractivity contribution in [3.8, 4) is 11.3 Å². The summed E-state index contributed by atoms with van der Waals surface area (Å²) in [4.78, 5) is 17.5. The van der Waals surface area contributed by atoms with E-state index in [9.17, 15) is 4.39 Å². The van der Waals surface area contributed by atoms with Gasteiger partial charge in [-0.25, -0.2) is 9.37 Å². The van der Waals surface area contributed by atoms with Gasteiger partial charge in [0.2, 0.25) is 0 Å². The molecule has 1 atom stereocenters. The van der Waals surface area contributed by atoms with Crippen LogP contribution in [-0.4, -0.2) is 58.0 Å². The summed E-state index contributed by atoms with van der Waals surface area (Å²) in [5, 5.41) is 1.15. The van der Waals surface area contributed by atoms with E-state index in [-0.39, 0.29) is 11.9 Å². The van der Waals surface area contributed by atoms with E-state index in [1.54, 1.807) is 0 Å². The first kappa shape index (κ1) is 18.9. The molecule has 4 aromatic rings. The summed E-state index contributed by atoms with van der Waals surface area (Å²) >= 11 is 0. The normalized spacial score (nSPS) is 16.7. The molecule has 30 heavy (non-hydrogen) atoms. The van der Waals surface area contributed by atoms with E-state index < -0.39 is 0 Å². The van der Waals surface area contributed by atoms with Gasteiger partial charge >= 0.3 is 0 Å². The summed E-state index contributed by atoms with van der Waals surface area (Å²) < 4.78 is 13.6. The molecular weight excluding hydrogens is 377 g/mol. The van der Waals surface area contributed by atoms with Crippen molar-refractivity contribution in [3.05, 3.63) is 84.2 Å². The standard InChI is InChI=1S/C24H24FN5/c1-29-10-12-30(13-11-29)24(17-2-5-20(25)6-3-17)23-16-26-15-22(28-23)18-4-7-21-19(14-18)8-9-27-21/h2-9,14-16,24,27H,10-13H2,1H3. The Morgan fingerprint density at radius 1 is 0.967 bits per heavy atom. The molecule has 0 amide bonds. The maximum Gasteiger partial charge on any atom is 0.123 e. The highest BCUT2D eigenvalue weighted by atomic mass is 19.1. The van der Waals surface area contributed by atoms with Gasteiger partial charge < -0.3 is 9.88 Å². The molecule has 0 saturated carbocycles. The summed E-state index contributed by atoms with van der Waals surface area (Å²) in [7, 11) is 2.14. The number of halogens is 1. The van der Waals surface area contributed by atoms with E-state index >= 15 is 0 Å². The van der Waals surface area contributed by atoms with Gasteiger partial charge in [-0.1, -0.05) is 18.2 Å². The van der Waals surface area contributed by atoms with E-state index in [1.807, 2.05) is 30.7 Å². The quantitative estimate of drug-likeness (QED) is 0.559. The number of piperazine rings is 1. The van der Waals surface area contributed by atoms with Crippen molar-refractivity contribution in [2.45, 2.75) is 6.04 Å². The molecule has 1 fully saturated rings. The molecule has 1 unspecified atom stereocenters. The molecule has 0 spiro atoms. The Labute approximate surface area is 175 Å². The highest BCUT2D eigenvalue weighted by molar-refractivity contribution is 5.84. The third-order valence-electron chi connectivity index (χ3n) is 5.87. The van der Waals surface area contributed by atoms with Crippen molar-refractivity contribution in [1.29, 1.82) is 0 Å². The molecule has 6 heteroatoms. The predicted octanol–water partition coefficient (Wildman–Crippen LogP) is 4.10. The molecule has 0 radical (unpaired) electrons. The maximum atomic E-state index is 13.6. The van der Waals surface area contributed by atoms with Gasteiger partial charge in [0.1, 0.15) is 5.82 Å². The van der Waals surface area contributed by atoms with Crippen LogP contribution < -0.4 is 0 Å². The Hall–Kier alpha value is -3.09. The number of hydrogen-bond acceptors (Lipinski definition) is 4. The fraction of sp³-hybridized carbons (Fsp3) is 0.250. The zero-order valence-corrected chi connectivity index (χ0v) is 16.9. The summed E-state index contributed by atoms with van der Waals surface area (Å²) in [6.07, 6.45) is 5.59. The highest BCUT2D eigenvalue weighted by Gasteiger charge is 2.27. The zero-order chi connectivity index (χ0) is 20.5. The minimum Gasteiger partial charge on any atom is -0.361 e. The minimum absolute atomic E-state index is 0.0530. The van der Waals surface area contributed by atoms with Gasteiger partial charge in [0.05, 0.1) is 29.8 Å². The van der Waals surface area contributed by atoms with Crippen molar-refractivity contribution in [1.82, 2.24) is 24.8 Å². The Kier molecular flexibility index (Phi) is 5.02. The summed E-state index contributed by atoms with van der Waals surface area (Å²) in [5.74, 6) is -0.226. The van der Waals surface area contributed by atoms with Crippen LogP contribution in [0.5, 0.6) is 0 Å². The van der Waals surface area contributed by atoms with Gasteiger partial charge in [-0.2, -0.15) is 0 Å². The average Bonchev–Trinajstić information content (AvgIpc) is 3.25. The molecule has 3 heterocycles. The van der Waals surface area contributed by atoms with Crippen LogP contribution in [0.2, 0.25) is 0 Å². The second kappa shape index (κ2) is 7.97. The molecular formula is C24H24FN5. The average molecular weight is 401 g/mol. The number of likely N-dealkylation sites (N-methyl/N-ethyl adjacent to an activating group) is 1. The lowest BCUT2D eigenvalue weighted by atomic mass is 10.0. The van der Waals surface area contributed by atoms with Crippen LogP contribution >= 0.6 is 0 Å². The van der Waals surface area contributed by atoms with Gasteiger partial charge in [0.25, 0.3) is 0 Å². The van der Waals surface area contributed by atoms with Crippen LogP contribution in [0.15, 0.2) is 67.1 Å². The minimum atomic E-state index is -0.226. The smallest absolute Gasteiger partial charge is 0.123 e. The van der Waals surface area contributed by atoms with Crippen molar-refractivity contribution in [2.24, 2.45) is 0 Å². The van der Waals surface area contributed by atoms with Crippen LogP contribution in [0, 0.1) is 5.82 Å². The second-order valence-electron chi connectivity index (χ2n) is 7.90. The molecule has 1 saturated heterocycles. The molecule has 5 rings (SSSR count). The topological polar surface area (TPSA) is 48.0 Å². The Balaban J connectivity index is 1.55. The Bertz CT molecular complexity index is 1150. The number of aromatic amines is 1. The summed E-state index contributed by atoms with van der Waals surface area (Å²) in [6.45, 7) is 3.85. The molecule has 152 valence electrons. The van der Waals surface area contributed by atoms with E-state index in [4.69, 9.17) is 4.98 Å². The van der Waals surface area contributed by atoms with E-state index in [1.165, 1.54) is 12.1 Å². The van der Waals surface area contributed by atoms with Crippen molar-refractivity contribution in [2.75, 3.05) is 33.2 Å². The van der Waals surface area contributed by atoms with Crippen LogP contribution in [0.25, 0.3) is 22.2 Å². The molecule has 5 nitrogen and oxygen atoms in total. The molecule has 1 aliphatic rings. The van der Waals surface area contributed by atoms with Crippen molar-refractivity contribution in [3.63, 3.8) is 0 Å². The number of fused-ring (bicyclic) bond motifs is 1. The zero-order valence-electron chi connectivity index (χ0n) is 16.9. The first-order valence-corrected chi connectivity index (χ1v) is 10.2. The summed E-state index contributed by atoms with van der Waals surface area (Å²) in [6, 6.07) is 15.0. The monoisotopic (exact) mass is 401 g/mol. The first-order chi connectivity index (χ1) is 14.7. The first-order valence-electron chi connectivity index (χ1n) is 10.2. The molecule has 1 N–H and O–H groups in total. The lowest BCUT2D eigenvalue weighted by Gasteiger charge is -2.38. The van der Waals surface area contributed by atoms with Crippen LogP contribution in [0.1, 0.15) is 17.3 Å².